The third-order valence-corrected chi connectivity index (χ3v) is 8.66. The predicted octanol–water partition coefficient (Wildman–Crippen LogP) is 5.47. The van der Waals surface area contributed by atoms with Crippen molar-refractivity contribution in [3.63, 3.8) is 0 Å². The third kappa shape index (κ3) is 3.57. The Bertz CT molecular complexity index is 268. The van der Waals surface area contributed by atoms with Crippen LogP contribution in [-0.2, 0) is 4.57 Å². The van der Waals surface area contributed by atoms with Gasteiger partial charge in [-0.15, -0.1) is 0 Å². The monoisotopic (exact) mass is 347 g/mol. The van der Waals surface area contributed by atoms with Crippen molar-refractivity contribution < 1.29 is 4.57 Å². The molecule has 98 valence electrons. The summed E-state index contributed by atoms with van der Waals surface area (Å²) in [6.07, 6.45) is 0. The van der Waals surface area contributed by atoms with Crippen LogP contribution in [0, 0.1) is 0 Å². The molecule has 0 amide bonds. The first-order valence-corrected chi connectivity index (χ1v) is 8.43. The van der Waals surface area contributed by atoms with Crippen LogP contribution in [0.5, 0.6) is 0 Å². The first-order valence-electron chi connectivity index (χ1n) is 4.69. The van der Waals surface area contributed by atoms with Gasteiger partial charge in [0.15, 0.2) is 4.58 Å². The van der Waals surface area contributed by atoms with Gasteiger partial charge < -0.3 is 0 Å². The standard InChI is InChI=1S/C8H15Cl5NOP/c1-5(2)14(6(3)4)16(15,7(9)10)8(11,12)13/h5-7H,1-4H3/t16-/m0/s1. The zero-order valence-electron chi connectivity index (χ0n) is 9.42. The molecule has 0 rings (SSSR count). The number of alkyl halides is 5. The molecule has 0 heterocycles. The molecule has 0 N–H and O–H groups in total. The van der Waals surface area contributed by atoms with E-state index >= 15 is 0 Å². The summed E-state index contributed by atoms with van der Waals surface area (Å²) >= 11 is 28.8. The average Bonchev–Trinajstić information content (AvgIpc) is 1.99. The molecular formula is C8H15Cl5NOP. The van der Waals surface area contributed by atoms with Gasteiger partial charge in [-0.25, -0.2) is 4.67 Å². The van der Waals surface area contributed by atoms with Gasteiger partial charge in [0, 0.05) is 12.1 Å². The summed E-state index contributed by atoms with van der Waals surface area (Å²) in [6, 6.07) is -0.192. The molecule has 0 aliphatic rings. The Hall–Kier alpha value is 1.64. The highest BCUT2D eigenvalue weighted by Gasteiger charge is 2.54. The van der Waals surface area contributed by atoms with E-state index in [4.69, 9.17) is 58.0 Å². The molecule has 0 aromatic rings. The predicted molar refractivity (Wildman–Crippen MR) is 75.5 cm³/mol. The fraction of sp³-hybridized carbons (Fsp3) is 1.00. The van der Waals surface area contributed by atoms with Crippen LogP contribution in [0.25, 0.3) is 0 Å². The number of nitrogens with zero attached hydrogens (tertiary/aromatic N) is 1. The Labute approximate surface area is 122 Å². The van der Waals surface area contributed by atoms with Crippen molar-refractivity contribution in [3.05, 3.63) is 0 Å². The van der Waals surface area contributed by atoms with E-state index in [0.29, 0.717) is 0 Å². The van der Waals surface area contributed by atoms with Crippen molar-refractivity contribution >= 4 is 65.3 Å². The van der Waals surface area contributed by atoms with Gasteiger partial charge in [-0.2, -0.15) is 0 Å². The Morgan fingerprint density at radius 3 is 1.38 bits per heavy atom. The van der Waals surface area contributed by atoms with Gasteiger partial charge in [-0.3, -0.25) is 4.57 Å². The minimum Gasteiger partial charge on any atom is -0.299 e. The van der Waals surface area contributed by atoms with E-state index in [1.165, 1.54) is 0 Å². The van der Waals surface area contributed by atoms with Crippen LogP contribution < -0.4 is 0 Å². The molecule has 0 spiro atoms. The first-order chi connectivity index (χ1) is 6.96. The lowest BCUT2D eigenvalue weighted by Crippen LogP contribution is -2.39. The second-order valence-corrected chi connectivity index (χ2v) is 11.6. The number of rotatable bonds is 4. The van der Waals surface area contributed by atoms with Gasteiger partial charge in [0.25, 0.3) is 3.53 Å². The largest absolute Gasteiger partial charge is 0.299 e. The van der Waals surface area contributed by atoms with Crippen molar-refractivity contribution in [1.82, 2.24) is 4.67 Å². The molecule has 2 nitrogen and oxygen atoms in total. The summed E-state index contributed by atoms with van der Waals surface area (Å²) in [4.78, 5) is 0. The zero-order chi connectivity index (χ0) is 13.3. The second-order valence-electron chi connectivity index (χ2n) is 3.94. The Morgan fingerprint density at radius 2 is 1.31 bits per heavy atom. The first kappa shape index (κ1) is 17.6. The minimum atomic E-state index is -3.54. The van der Waals surface area contributed by atoms with E-state index in [-0.39, 0.29) is 12.1 Å². The van der Waals surface area contributed by atoms with Gasteiger partial charge >= 0.3 is 0 Å². The van der Waals surface area contributed by atoms with E-state index in [1.54, 1.807) is 4.67 Å². The summed E-state index contributed by atoms with van der Waals surface area (Å²) in [5.41, 5.74) is 0. The van der Waals surface area contributed by atoms with Crippen LogP contribution in [0.4, 0.5) is 0 Å². The van der Waals surface area contributed by atoms with E-state index in [9.17, 15) is 4.57 Å². The van der Waals surface area contributed by atoms with E-state index in [0.717, 1.165) is 0 Å². The smallest absolute Gasteiger partial charge is 0.258 e. The lowest BCUT2D eigenvalue weighted by molar-refractivity contribution is 0.299. The van der Waals surface area contributed by atoms with Gasteiger partial charge in [0.2, 0.25) is 7.29 Å². The normalized spacial score (nSPS) is 17.6. The van der Waals surface area contributed by atoms with Crippen LogP contribution in [-0.4, -0.2) is 24.9 Å². The molecular weight excluding hydrogens is 334 g/mol. The molecule has 8 heteroatoms. The quantitative estimate of drug-likeness (QED) is 0.495. The summed E-state index contributed by atoms with van der Waals surface area (Å²) in [5.74, 6) is 0. The number of halogens is 5. The Morgan fingerprint density at radius 1 is 1.00 bits per heavy atom. The van der Waals surface area contributed by atoms with Crippen molar-refractivity contribution in [1.29, 1.82) is 0 Å². The van der Waals surface area contributed by atoms with Crippen LogP contribution >= 0.6 is 65.3 Å². The molecule has 0 radical (unpaired) electrons. The Kier molecular flexibility index (Phi) is 6.83. The van der Waals surface area contributed by atoms with Crippen molar-refractivity contribution in [2.75, 3.05) is 0 Å². The van der Waals surface area contributed by atoms with E-state index < -0.39 is 15.4 Å². The molecule has 0 bridgehead atoms. The van der Waals surface area contributed by atoms with Gasteiger partial charge in [0.05, 0.1) is 0 Å². The van der Waals surface area contributed by atoms with Crippen molar-refractivity contribution in [2.45, 2.75) is 47.9 Å². The molecule has 0 fully saturated rings. The summed E-state index contributed by atoms with van der Waals surface area (Å²) < 4.78 is 11.1. The van der Waals surface area contributed by atoms with E-state index in [2.05, 4.69) is 0 Å². The highest BCUT2D eigenvalue weighted by molar-refractivity contribution is 7.73. The SMILES string of the molecule is CC(C)N(C(C)C)[P@](=O)(C(Cl)Cl)C(Cl)(Cl)Cl. The maximum atomic E-state index is 12.8. The van der Waals surface area contributed by atoms with Crippen LogP contribution in [0.1, 0.15) is 27.7 Å². The maximum Gasteiger partial charge on any atom is 0.258 e. The molecule has 0 unspecified atom stereocenters. The van der Waals surface area contributed by atoms with Crippen LogP contribution in [0.15, 0.2) is 0 Å². The fourth-order valence-electron chi connectivity index (χ4n) is 1.62. The molecule has 0 saturated heterocycles. The lowest BCUT2D eigenvalue weighted by Gasteiger charge is -2.41. The minimum absolute atomic E-state index is 0.0959. The Balaban J connectivity index is 5.60. The van der Waals surface area contributed by atoms with Gasteiger partial charge in [0.1, 0.15) is 0 Å². The van der Waals surface area contributed by atoms with Crippen molar-refractivity contribution in [3.8, 4) is 0 Å². The highest BCUT2D eigenvalue weighted by Crippen LogP contribution is 2.73. The maximum absolute atomic E-state index is 12.8. The van der Waals surface area contributed by atoms with Crippen molar-refractivity contribution in [2.24, 2.45) is 0 Å². The molecule has 0 aliphatic heterocycles. The van der Waals surface area contributed by atoms with Gasteiger partial charge in [-0.05, 0) is 27.7 Å². The molecule has 0 saturated carbocycles. The zero-order valence-corrected chi connectivity index (χ0v) is 14.1. The topological polar surface area (TPSA) is 20.3 Å². The second kappa shape index (κ2) is 6.19. The number of hydrogen-bond donors (Lipinski definition) is 0. The molecule has 16 heavy (non-hydrogen) atoms. The summed E-state index contributed by atoms with van der Waals surface area (Å²) in [5, 5.41) is 0. The average molecular weight is 349 g/mol. The summed E-state index contributed by atoms with van der Waals surface area (Å²) in [7, 11) is -3.54. The van der Waals surface area contributed by atoms with Gasteiger partial charge in [-0.1, -0.05) is 58.0 Å². The molecule has 1 atom stereocenters. The molecule has 0 aromatic heterocycles. The van der Waals surface area contributed by atoms with Crippen LogP contribution in [0.3, 0.4) is 0 Å². The van der Waals surface area contributed by atoms with E-state index in [1.807, 2.05) is 27.7 Å². The summed E-state index contributed by atoms with van der Waals surface area (Å²) in [6.45, 7) is 7.39. The highest BCUT2D eigenvalue weighted by atomic mass is 35.6. The molecule has 0 aliphatic carbocycles. The fourth-order valence-corrected chi connectivity index (χ4v) is 7.73. The number of hydrogen-bond acceptors (Lipinski definition) is 1. The molecule has 0 aromatic carbocycles. The van der Waals surface area contributed by atoms with Crippen LogP contribution in [0.2, 0.25) is 0 Å². The lowest BCUT2D eigenvalue weighted by atomic mass is 10.3. The third-order valence-electron chi connectivity index (χ3n) is 2.03.